The molecule has 0 atom stereocenters. The number of esters is 1. The van der Waals surface area contributed by atoms with Gasteiger partial charge in [0.25, 0.3) is 0 Å². The summed E-state index contributed by atoms with van der Waals surface area (Å²) in [6, 6.07) is 24.0. The minimum Gasteiger partial charge on any atom is -0.484 e. The molecule has 1 saturated carbocycles. The van der Waals surface area contributed by atoms with Crippen molar-refractivity contribution in [3.63, 3.8) is 0 Å². The van der Waals surface area contributed by atoms with Crippen LogP contribution in [0.2, 0.25) is 0 Å². The maximum atomic E-state index is 14.3. The molecule has 0 heterocycles. The predicted molar refractivity (Wildman–Crippen MR) is 124 cm³/mol. The molecular formula is C27H28FNO3. The Morgan fingerprint density at radius 2 is 1.53 bits per heavy atom. The van der Waals surface area contributed by atoms with Gasteiger partial charge in [0.1, 0.15) is 12.2 Å². The summed E-state index contributed by atoms with van der Waals surface area (Å²) in [5.74, 6) is -0.847. The molecule has 3 aromatic carbocycles. The van der Waals surface area contributed by atoms with Gasteiger partial charge in [-0.25, -0.2) is 9.18 Å². The second kappa shape index (κ2) is 9.86. The highest BCUT2D eigenvalue weighted by molar-refractivity contribution is 5.89. The summed E-state index contributed by atoms with van der Waals surface area (Å²) in [6.45, 7) is 2.67. The van der Waals surface area contributed by atoms with Crippen LogP contribution in [0.25, 0.3) is 0 Å². The van der Waals surface area contributed by atoms with Crippen LogP contribution in [0.1, 0.15) is 43.0 Å². The van der Waals surface area contributed by atoms with Gasteiger partial charge in [-0.05, 0) is 75.1 Å². The van der Waals surface area contributed by atoms with Crippen LogP contribution in [0.15, 0.2) is 78.9 Å². The van der Waals surface area contributed by atoms with Crippen molar-refractivity contribution in [1.82, 2.24) is 0 Å². The van der Waals surface area contributed by atoms with E-state index in [0.29, 0.717) is 6.54 Å². The average molecular weight is 434 g/mol. The number of halogens is 1. The van der Waals surface area contributed by atoms with Crippen molar-refractivity contribution in [2.75, 3.05) is 18.1 Å². The molecule has 0 bridgehead atoms. The fourth-order valence-electron chi connectivity index (χ4n) is 4.14. The Morgan fingerprint density at radius 3 is 2.12 bits per heavy atom. The highest BCUT2D eigenvalue weighted by atomic mass is 19.1. The Morgan fingerprint density at radius 1 is 0.938 bits per heavy atom. The maximum Gasteiger partial charge on any atom is 0.338 e. The molecule has 0 N–H and O–H groups in total. The van der Waals surface area contributed by atoms with Gasteiger partial charge in [0.2, 0.25) is 0 Å². The highest BCUT2D eigenvalue weighted by Gasteiger charge is 2.31. The molecule has 0 radical (unpaired) electrons. The monoisotopic (exact) mass is 433 g/mol. The van der Waals surface area contributed by atoms with E-state index in [-0.39, 0.29) is 23.5 Å². The van der Waals surface area contributed by atoms with Crippen molar-refractivity contribution >= 4 is 17.3 Å². The Kier molecular flexibility index (Phi) is 6.74. The second-order valence-electron chi connectivity index (χ2n) is 8.36. The van der Waals surface area contributed by atoms with E-state index in [1.165, 1.54) is 18.2 Å². The van der Waals surface area contributed by atoms with Crippen LogP contribution in [0, 0.1) is 5.82 Å². The molecule has 32 heavy (non-hydrogen) atoms. The fraction of sp³-hybridized carbons (Fsp3) is 0.296. The number of ether oxygens (including phenoxy) is 2. The number of nitrogens with zero attached hydrogens (tertiary/aromatic N) is 1. The Labute approximate surface area is 188 Å². The summed E-state index contributed by atoms with van der Waals surface area (Å²) in [5.41, 5.74) is 1.93. The van der Waals surface area contributed by atoms with Gasteiger partial charge in [-0.15, -0.1) is 0 Å². The van der Waals surface area contributed by atoms with Crippen molar-refractivity contribution in [2.45, 2.75) is 38.2 Å². The van der Waals surface area contributed by atoms with Gasteiger partial charge in [-0.2, -0.15) is 0 Å². The zero-order chi connectivity index (χ0) is 22.4. The lowest BCUT2D eigenvalue weighted by Gasteiger charge is -2.26. The minimum absolute atomic E-state index is 0.110. The number of benzene rings is 3. The van der Waals surface area contributed by atoms with Crippen molar-refractivity contribution in [3.8, 4) is 5.75 Å². The third-order valence-electron chi connectivity index (χ3n) is 5.87. The molecule has 0 unspecified atom stereocenters. The zero-order valence-electron chi connectivity index (χ0n) is 18.3. The van der Waals surface area contributed by atoms with Gasteiger partial charge < -0.3 is 14.4 Å². The average Bonchev–Trinajstić information content (AvgIpc) is 3.25. The standard InChI is InChI=1S/C27H28FNO3/c1-27(16-8-9-17-27)32-25-20-21(14-15-24(25)28)26(30)31-19-18-29(22-10-4-2-5-11-22)23-12-6-3-7-13-23/h2-7,10-15,20H,8-9,16-19H2,1H3. The summed E-state index contributed by atoms with van der Waals surface area (Å²) in [5, 5.41) is 0. The normalized spacial score (nSPS) is 14.7. The number of carbonyl (C=O) groups is 1. The highest BCUT2D eigenvalue weighted by Crippen LogP contribution is 2.35. The number of anilines is 2. The van der Waals surface area contributed by atoms with Gasteiger partial charge in [0.05, 0.1) is 12.1 Å². The first-order valence-corrected chi connectivity index (χ1v) is 11.1. The van der Waals surface area contributed by atoms with E-state index in [9.17, 15) is 9.18 Å². The molecule has 0 amide bonds. The van der Waals surface area contributed by atoms with E-state index in [4.69, 9.17) is 9.47 Å². The van der Waals surface area contributed by atoms with Crippen LogP contribution in [-0.2, 0) is 4.74 Å². The van der Waals surface area contributed by atoms with Gasteiger partial charge in [-0.3, -0.25) is 0 Å². The van der Waals surface area contributed by atoms with Crippen molar-refractivity contribution in [2.24, 2.45) is 0 Å². The summed E-state index contributed by atoms with van der Waals surface area (Å²) >= 11 is 0. The Balaban J connectivity index is 1.42. The maximum absolute atomic E-state index is 14.3. The van der Waals surface area contributed by atoms with Crippen molar-refractivity contribution in [3.05, 3.63) is 90.2 Å². The molecule has 1 aliphatic rings. The first kappa shape index (κ1) is 21.9. The minimum atomic E-state index is -0.493. The number of hydrogen-bond acceptors (Lipinski definition) is 4. The third kappa shape index (κ3) is 5.28. The Bertz CT molecular complexity index is 994. The zero-order valence-corrected chi connectivity index (χ0v) is 18.3. The molecule has 4 nitrogen and oxygen atoms in total. The van der Waals surface area contributed by atoms with E-state index in [1.807, 2.05) is 67.6 Å². The largest absolute Gasteiger partial charge is 0.484 e. The van der Waals surface area contributed by atoms with E-state index in [0.717, 1.165) is 37.1 Å². The molecule has 166 valence electrons. The number of carbonyl (C=O) groups excluding carboxylic acids is 1. The van der Waals surface area contributed by atoms with Crippen molar-refractivity contribution in [1.29, 1.82) is 0 Å². The van der Waals surface area contributed by atoms with Gasteiger partial charge in [0, 0.05) is 11.4 Å². The predicted octanol–water partition coefficient (Wildman–Crippen LogP) is 6.53. The second-order valence-corrected chi connectivity index (χ2v) is 8.36. The first-order valence-electron chi connectivity index (χ1n) is 11.1. The van der Waals surface area contributed by atoms with Crippen LogP contribution < -0.4 is 9.64 Å². The quantitative estimate of drug-likeness (QED) is 0.379. The van der Waals surface area contributed by atoms with Crippen LogP contribution in [0.5, 0.6) is 5.75 Å². The first-order chi connectivity index (χ1) is 15.5. The fourth-order valence-corrected chi connectivity index (χ4v) is 4.14. The number of para-hydroxylation sites is 2. The summed E-state index contributed by atoms with van der Waals surface area (Å²) in [6.07, 6.45) is 3.91. The molecule has 1 aliphatic carbocycles. The molecule has 0 aliphatic heterocycles. The van der Waals surface area contributed by atoms with Gasteiger partial charge >= 0.3 is 5.97 Å². The summed E-state index contributed by atoms with van der Waals surface area (Å²) < 4.78 is 25.8. The third-order valence-corrected chi connectivity index (χ3v) is 5.87. The SMILES string of the molecule is CC1(Oc2cc(C(=O)OCCN(c3ccccc3)c3ccccc3)ccc2F)CCCC1. The molecule has 0 saturated heterocycles. The van der Waals surface area contributed by atoms with E-state index in [2.05, 4.69) is 4.90 Å². The van der Waals surface area contributed by atoms with E-state index < -0.39 is 11.8 Å². The smallest absolute Gasteiger partial charge is 0.338 e. The lowest BCUT2D eigenvalue weighted by atomic mass is 10.1. The van der Waals surface area contributed by atoms with Crippen molar-refractivity contribution < 1.29 is 18.7 Å². The van der Waals surface area contributed by atoms with Crippen LogP contribution in [0.4, 0.5) is 15.8 Å². The molecular weight excluding hydrogens is 405 g/mol. The van der Waals surface area contributed by atoms with Gasteiger partial charge in [-0.1, -0.05) is 36.4 Å². The van der Waals surface area contributed by atoms with Crippen LogP contribution >= 0.6 is 0 Å². The molecule has 5 heteroatoms. The molecule has 0 spiro atoms. The topological polar surface area (TPSA) is 38.8 Å². The molecule has 3 aromatic rings. The van der Waals surface area contributed by atoms with Crippen LogP contribution in [-0.4, -0.2) is 24.7 Å². The summed E-state index contributed by atoms with van der Waals surface area (Å²) in [4.78, 5) is 14.8. The molecule has 0 aromatic heterocycles. The van der Waals surface area contributed by atoms with Gasteiger partial charge in [0.15, 0.2) is 11.6 Å². The Hall–Kier alpha value is -3.34. The lowest BCUT2D eigenvalue weighted by molar-refractivity contribution is 0.0513. The van der Waals surface area contributed by atoms with E-state index >= 15 is 0 Å². The van der Waals surface area contributed by atoms with Crippen LogP contribution in [0.3, 0.4) is 0 Å². The van der Waals surface area contributed by atoms with E-state index in [1.54, 1.807) is 0 Å². The lowest BCUT2D eigenvalue weighted by Crippen LogP contribution is -2.28. The molecule has 4 rings (SSSR count). The number of hydrogen-bond donors (Lipinski definition) is 0. The number of rotatable bonds is 8. The summed E-state index contributed by atoms with van der Waals surface area (Å²) in [7, 11) is 0. The molecule has 1 fully saturated rings.